The van der Waals surface area contributed by atoms with Gasteiger partial charge in [-0.3, -0.25) is 4.79 Å². The van der Waals surface area contributed by atoms with Crippen LogP contribution in [0.5, 0.6) is 5.75 Å². The SMILES string of the molecule is O=C(COc1ccc(F)cc1Cl)NC1CCCCC1C(F)(F)F. The fourth-order valence-corrected chi connectivity index (χ4v) is 2.90. The minimum atomic E-state index is -4.33. The van der Waals surface area contributed by atoms with E-state index in [0.29, 0.717) is 12.8 Å². The lowest BCUT2D eigenvalue weighted by molar-refractivity contribution is -0.189. The number of nitrogens with one attached hydrogen (secondary N) is 1. The average Bonchev–Trinajstić information content (AvgIpc) is 2.46. The van der Waals surface area contributed by atoms with E-state index in [1.165, 1.54) is 6.07 Å². The summed E-state index contributed by atoms with van der Waals surface area (Å²) >= 11 is 5.74. The molecule has 1 saturated carbocycles. The molecule has 2 unspecified atom stereocenters. The molecule has 1 fully saturated rings. The molecule has 0 saturated heterocycles. The Kier molecular flexibility index (Phi) is 5.73. The molecule has 1 aliphatic carbocycles. The van der Waals surface area contributed by atoms with Crippen LogP contribution in [0.3, 0.4) is 0 Å². The van der Waals surface area contributed by atoms with E-state index in [0.717, 1.165) is 12.1 Å². The molecule has 1 N–H and O–H groups in total. The third-order valence-corrected chi connectivity index (χ3v) is 4.08. The van der Waals surface area contributed by atoms with Crippen molar-refractivity contribution in [2.75, 3.05) is 6.61 Å². The van der Waals surface area contributed by atoms with E-state index >= 15 is 0 Å². The average molecular weight is 354 g/mol. The van der Waals surface area contributed by atoms with Gasteiger partial charge in [0.15, 0.2) is 6.61 Å². The van der Waals surface area contributed by atoms with Crippen molar-refractivity contribution < 1.29 is 27.1 Å². The molecule has 1 aromatic carbocycles. The van der Waals surface area contributed by atoms with E-state index in [2.05, 4.69) is 5.32 Å². The van der Waals surface area contributed by atoms with Crippen LogP contribution < -0.4 is 10.1 Å². The van der Waals surface area contributed by atoms with Gasteiger partial charge in [-0.1, -0.05) is 24.4 Å². The van der Waals surface area contributed by atoms with E-state index in [-0.39, 0.29) is 23.6 Å². The molecule has 2 rings (SSSR count). The third kappa shape index (κ3) is 4.99. The Morgan fingerprint density at radius 2 is 2.00 bits per heavy atom. The molecule has 23 heavy (non-hydrogen) atoms. The van der Waals surface area contributed by atoms with Gasteiger partial charge < -0.3 is 10.1 Å². The highest BCUT2D eigenvalue weighted by Crippen LogP contribution is 2.37. The molecule has 1 aromatic rings. The summed E-state index contributed by atoms with van der Waals surface area (Å²) in [6, 6.07) is 2.45. The zero-order chi connectivity index (χ0) is 17.0. The first-order valence-corrected chi connectivity index (χ1v) is 7.59. The van der Waals surface area contributed by atoms with Crippen molar-refractivity contribution in [1.29, 1.82) is 0 Å². The van der Waals surface area contributed by atoms with Crippen LogP contribution >= 0.6 is 11.6 Å². The molecular weight excluding hydrogens is 338 g/mol. The topological polar surface area (TPSA) is 38.3 Å². The van der Waals surface area contributed by atoms with Gasteiger partial charge in [0.25, 0.3) is 5.91 Å². The van der Waals surface area contributed by atoms with Crippen LogP contribution in [0.25, 0.3) is 0 Å². The molecule has 8 heteroatoms. The summed E-state index contributed by atoms with van der Waals surface area (Å²) in [6.07, 6.45) is -2.90. The third-order valence-electron chi connectivity index (χ3n) is 3.79. The minimum absolute atomic E-state index is 0.0105. The Morgan fingerprint density at radius 1 is 1.30 bits per heavy atom. The summed E-state index contributed by atoms with van der Waals surface area (Å²) in [5.41, 5.74) is 0. The van der Waals surface area contributed by atoms with Crippen molar-refractivity contribution in [3.05, 3.63) is 29.0 Å². The van der Waals surface area contributed by atoms with E-state index in [9.17, 15) is 22.4 Å². The van der Waals surface area contributed by atoms with E-state index in [1.807, 2.05) is 0 Å². The Balaban J connectivity index is 1.90. The second kappa shape index (κ2) is 7.38. The molecule has 0 aliphatic heterocycles. The van der Waals surface area contributed by atoms with Crippen molar-refractivity contribution >= 4 is 17.5 Å². The summed E-state index contributed by atoms with van der Waals surface area (Å²) in [7, 11) is 0. The predicted octanol–water partition coefficient (Wildman–Crippen LogP) is 4.10. The molecule has 1 amide bonds. The number of carbonyl (C=O) groups is 1. The number of hydrogen-bond acceptors (Lipinski definition) is 2. The highest BCUT2D eigenvalue weighted by molar-refractivity contribution is 6.32. The van der Waals surface area contributed by atoms with Crippen LogP contribution in [0, 0.1) is 11.7 Å². The van der Waals surface area contributed by atoms with E-state index in [1.54, 1.807) is 0 Å². The molecule has 0 radical (unpaired) electrons. The quantitative estimate of drug-likeness (QED) is 0.828. The van der Waals surface area contributed by atoms with Gasteiger partial charge in [-0.15, -0.1) is 0 Å². The number of amides is 1. The smallest absolute Gasteiger partial charge is 0.393 e. The number of carbonyl (C=O) groups excluding carboxylic acids is 1. The van der Waals surface area contributed by atoms with Crippen LogP contribution in [-0.2, 0) is 4.79 Å². The first-order chi connectivity index (χ1) is 10.8. The first kappa shape index (κ1) is 17.8. The van der Waals surface area contributed by atoms with Gasteiger partial charge in [0, 0.05) is 6.04 Å². The Labute approximate surface area is 136 Å². The lowest BCUT2D eigenvalue weighted by Gasteiger charge is -2.33. The van der Waals surface area contributed by atoms with E-state index < -0.39 is 36.5 Å². The van der Waals surface area contributed by atoms with Crippen molar-refractivity contribution in [3.63, 3.8) is 0 Å². The Hall–Kier alpha value is -1.50. The number of hydrogen-bond donors (Lipinski definition) is 1. The van der Waals surface area contributed by atoms with Crippen LogP contribution in [-0.4, -0.2) is 24.7 Å². The van der Waals surface area contributed by atoms with Crippen LogP contribution in [0.1, 0.15) is 25.7 Å². The highest BCUT2D eigenvalue weighted by atomic mass is 35.5. The van der Waals surface area contributed by atoms with Crippen LogP contribution in [0.2, 0.25) is 5.02 Å². The monoisotopic (exact) mass is 353 g/mol. The summed E-state index contributed by atoms with van der Waals surface area (Å²) in [5.74, 6) is -2.65. The van der Waals surface area contributed by atoms with Gasteiger partial charge in [-0.25, -0.2) is 4.39 Å². The zero-order valence-corrected chi connectivity index (χ0v) is 12.9. The van der Waals surface area contributed by atoms with Crippen molar-refractivity contribution in [1.82, 2.24) is 5.32 Å². The summed E-state index contributed by atoms with van der Waals surface area (Å²) < 4.78 is 56.9. The standard InChI is InChI=1S/C15H16ClF4NO2/c16-11-7-9(17)5-6-13(11)23-8-14(22)21-12-4-2-1-3-10(12)15(18,19)20/h5-7,10,12H,1-4,8H2,(H,21,22). The largest absolute Gasteiger partial charge is 0.482 e. The van der Waals surface area contributed by atoms with Crippen molar-refractivity contribution in [3.8, 4) is 5.75 Å². The fourth-order valence-electron chi connectivity index (χ4n) is 2.68. The van der Waals surface area contributed by atoms with Gasteiger partial charge in [0.1, 0.15) is 11.6 Å². The highest BCUT2D eigenvalue weighted by Gasteiger charge is 2.45. The molecule has 0 heterocycles. The molecule has 3 nitrogen and oxygen atoms in total. The molecule has 128 valence electrons. The Bertz CT molecular complexity index is 565. The van der Waals surface area contributed by atoms with Gasteiger partial charge >= 0.3 is 6.18 Å². The maximum absolute atomic E-state index is 12.9. The number of benzene rings is 1. The van der Waals surface area contributed by atoms with E-state index in [4.69, 9.17) is 16.3 Å². The molecule has 1 aliphatic rings. The molecule has 0 spiro atoms. The molecule has 0 bridgehead atoms. The minimum Gasteiger partial charge on any atom is -0.482 e. The zero-order valence-electron chi connectivity index (χ0n) is 12.1. The molecule has 2 atom stereocenters. The normalized spacial score (nSPS) is 21.8. The lowest BCUT2D eigenvalue weighted by Crippen LogP contribution is -2.48. The van der Waals surface area contributed by atoms with Crippen molar-refractivity contribution in [2.24, 2.45) is 5.92 Å². The fraction of sp³-hybridized carbons (Fsp3) is 0.533. The maximum Gasteiger partial charge on any atom is 0.393 e. The second-order valence-corrected chi connectivity index (χ2v) is 5.88. The molecular formula is C15H16ClF4NO2. The first-order valence-electron chi connectivity index (χ1n) is 7.21. The molecule has 0 aromatic heterocycles. The number of ether oxygens (including phenoxy) is 1. The van der Waals surface area contributed by atoms with Crippen LogP contribution in [0.15, 0.2) is 18.2 Å². The number of rotatable bonds is 4. The number of halogens is 5. The predicted molar refractivity (Wildman–Crippen MR) is 76.8 cm³/mol. The maximum atomic E-state index is 12.9. The second-order valence-electron chi connectivity index (χ2n) is 5.47. The number of alkyl halides is 3. The van der Waals surface area contributed by atoms with Gasteiger partial charge in [-0.2, -0.15) is 13.2 Å². The summed E-state index contributed by atoms with van der Waals surface area (Å²) in [5, 5.41) is 2.36. The van der Waals surface area contributed by atoms with Crippen LogP contribution in [0.4, 0.5) is 17.6 Å². The Morgan fingerprint density at radius 3 is 2.65 bits per heavy atom. The van der Waals surface area contributed by atoms with Crippen molar-refractivity contribution in [2.45, 2.75) is 37.9 Å². The van der Waals surface area contributed by atoms with Gasteiger partial charge in [0.05, 0.1) is 10.9 Å². The van der Waals surface area contributed by atoms with Gasteiger partial charge in [0.2, 0.25) is 0 Å². The summed E-state index contributed by atoms with van der Waals surface area (Å²) in [6.45, 7) is -0.480. The lowest BCUT2D eigenvalue weighted by atomic mass is 9.84. The summed E-state index contributed by atoms with van der Waals surface area (Å²) in [4.78, 5) is 11.8. The van der Waals surface area contributed by atoms with Gasteiger partial charge in [-0.05, 0) is 31.0 Å².